The summed E-state index contributed by atoms with van der Waals surface area (Å²) in [6.45, 7) is 0. The number of aryl methyl sites for hydroxylation is 1. The highest BCUT2D eigenvalue weighted by molar-refractivity contribution is 7.97. The minimum absolute atomic E-state index is 0.260. The van der Waals surface area contributed by atoms with Crippen molar-refractivity contribution in [3.63, 3.8) is 0 Å². The zero-order chi connectivity index (χ0) is 10.4. The number of benzene rings is 1. The molecule has 1 aliphatic carbocycles. The van der Waals surface area contributed by atoms with Gasteiger partial charge in [-0.1, -0.05) is 17.7 Å². The van der Waals surface area contributed by atoms with Crippen LogP contribution in [0.1, 0.15) is 30.0 Å². The van der Waals surface area contributed by atoms with Gasteiger partial charge in [-0.25, -0.2) is 0 Å². The maximum absolute atomic E-state index is 6.17. The number of halogens is 1. The summed E-state index contributed by atoms with van der Waals surface area (Å²) < 4.78 is 0. The van der Waals surface area contributed by atoms with Gasteiger partial charge in [0.2, 0.25) is 0 Å². The summed E-state index contributed by atoms with van der Waals surface area (Å²) in [7, 11) is 0. The van der Waals surface area contributed by atoms with E-state index in [1.54, 1.807) is 0 Å². The van der Waals surface area contributed by atoms with Gasteiger partial charge in [0, 0.05) is 5.56 Å². The summed E-state index contributed by atoms with van der Waals surface area (Å²) in [6.07, 6.45) is 3.44. The molecule has 0 spiro atoms. The number of nitrogens with one attached hydrogen (secondary N) is 1. The SMILES string of the molecule is SC1=NC2CCCc3ccc(Cl)c(c32)N1. The van der Waals surface area contributed by atoms with Crippen molar-refractivity contribution in [2.24, 2.45) is 4.99 Å². The third-order valence-electron chi connectivity index (χ3n) is 3.06. The topological polar surface area (TPSA) is 24.4 Å². The quantitative estimate of drug-likeness (QED) is 0.665. The number of amidine groups is 1. The molecule has 1 aromatic carbocycles. The van der Waals surface area contributed by atoms with E-state index < -0.39 is 0 Å². The molecule has 2 nitrogen and oxygen atoms in total. The van der Waals surface area contributed by atoms with E-state index in [2.05, 4.69) is 29.0 Å². The summed E-state index contributed by atoms with van der Waals surface area (Å²) in [5, 5.41) is 4.59. The molecule has 78 valence electrons. The fraction of sp³-hybridized carbons (Fsp3) is 0.364. The first-order valence-corrected chi connectivity index (χ1v) is 5.93. The summed E-state index contributed by atoms with van der Waals surface area (Å²) in [5.74, 6) is 0. The van der Waals surface area contributed by atoms with Gasteiger partial charge in [-0.15, -0.1) is 12.6 Å². The molecule has 1 N–H and O–H groups in total. The summed E-state index contributed by atoms with van der Waals surface area (Å²) in [6, 6.07) is 4.34. The lowest BCUT2D eigenvalue weighted by molar-refractivity contribution is 0.572. The molecule has 0 bridgehead atoms. The first kappa shape index (κ1) is 9.55. The van der Waals surface area contributed by atoms with Crippen molar-refractivity contribution in [2.45, 2.75) is 25.3 Å². The van der Waals surface area contributed by atoms with E-state index in [-0.39, 0.29) is 6.04 Å². The van der Waals surface area contributed by atoms with Gasteiger partial charge in [0.1, 0.15) is 0 Å². The van der Waals surface area contributed by atoms with Crippen LogP contribution in [0.5, 0.6) is 0 Å². The Kier molecular flexibility index (Phi) is 2.18. The number of rotatable bonds is 0. The fourth-order valence-corrected chi connectivity index (χ4v) is 2.88. The van der Waals surface area contributed by atoms with Crippen molar-refractivity contribution in [3.05, 3.63) is 28.3 Å². The zero-order valence-electron chi connectivity index (χ0n) is 8.13. The smallest absolute Gasteiger partial charge is 0.158 e. The number of aliphatic imine (C=N–C) groups is 1. The molecule has 15 heavy (non-hydrogen) atoms. The van der Waals surface area contributed by atoms with Crippen LogP contribution < -0.4 is 5.32 Å². The van der Waals surface area contributed by atoms with Gasteiger partial charge in [-0.05, 0) is 30.9 Å². The number of nitrogens with zero attached hydrogens (tertiary/aromatic N) is 1. The summed E-state index contributed by atoms with van der Waals surface area (Å²) in [4.78, 5) is 4.51. The average molecular weight is 239 g/mol. The predicted octanol–water partition coefficient (Wildman–Crippen LogP) is 3.43. The zero-order valence-corrected chi connectivity index (χ0v) is 9.78. The predicted molar refractivity (Wildman–Crippen MR) is 67.2 cm³/mol. The lowest BCUT2D eigenvalue weighted by Gasteiger charge is -2.30. The molecule has 0 saturated heterocycles. The van der Waals surface area contributed by atoms with Crippen LogP contribution in [0, 0.1) is 0 Å². The van der Waals surface area contributed by atoms with Gasteiger partial charge >= 0.3 is 0 Å². The maximum Gasteiger partial charge on any atom is 0.158 e. The van der Waals surface area contributed by atoms with Gasteiger partial charge in [0.15, 0.2) is 5.17 Å². The van der Waals surface area contributed by atoms with E-state index in [4.69, 9.17) is 11.6 Å². The second-order valence-corrected chi connectivity index (χ2v) is 4.81. The Bertz CT molecular complexity index is 456. The Morgan fingerprint density at radius 3 is 3.20 bits per heavy atom. The normalized spacial score (nSPS) is 22.8. The molecule has 1 aliphatic heterocycles. The molecule has 0 fully saturated rings. The summed E-state index contributed by atoms with van der Waals surface area (Å²) in [5.41, 5.74) is 3.67. The Hall–Kier alpha value is -0.670. The first-order valence-electron chi connectivity index (χ1n) is 5.11. The molecule has 3 rings (SSSR count). The number of hydrogen-bond donors (Lipinski definition) is 2. The van der Waals surface area contributed by atoms with Gasteiger partial charge in [-0.3, -0.25) is 4.99 Å². The van der Waals surface area contributed by atoms with E-state index in [9.17, 15) is 0 Å². The third-order valence-corrected chi connectivity index (χ3v) is 3.60. The van der Waals surface area contributed by atoms with Crippen LogP contribution in [0.3, 0.4) is 0 Å². The number of hydrogen-bond acceptors (Lipinski definition) is 2. The maximum atomic E-state index is 6.17. The van der Waals surface area contributed by atoms with Gasteiger partial charge in [0.25, 0.3) is 0 Å². The second-order valence-electron chi connectivity index (χ2n) is 3.98. The van der Waals surface area contributed by atoms with Crippen LogP contribution in [0.15, 0.2) is 17.1 Å². The van der Waals surface area contributed by atoms with Crippen molar-refractivity contribution in [2.75, 3.05) is 5.32 Å². The molecule has 4 heteroatoms. The van der Waals surface area contributed by atoms with Crippen LogP contribution in [0.4, 0.5) is 5.69 Å². The second kappa shape index (κ2) is 3.42. The van der Waals surface area contributed by atoms with E-state index in [0.29, 0.717) is 5.17 Å². The molecule has 1 heterocycles. The number of anilines is 1. The Morgan fingerprint density at radius 1 is 1.47 bits per heavy atom. The fourth-order valence-electron chi connectivity index (χ4n) is 2.41. The molecule has 0 radical (unpaired) electrons. The Morgan fingerprint density at radius 2 is 2.33 bits per heavy atom. The van der Waals surface area contributed by atoms with E-state index in [1.165, 1.54) is 17.5 Å². The van der Waals surface area contributed by atoms with Gasteiger partial charge in [-0.2, -0.15) is 0 Å². The molecule has 1 aromatic rings. The lowest BCUT2D eigenvalue weighted by atomic mass is 9.86. The standard InChI is InChI=1S/C11H11ClN2S/c12-7-5-4-6-2-1-3-8-9(6)10(7)14-11(15)13-8/h4-5,8H,1-3H2,(H2,13,14,15). The molecule has 0 amide bonds. The monoisotopic (exact) mass is 238 g/mol. The highest BCUT2D eigenvalue weighted by Crippen LogP contribution is 2.43. The van der Waals surface area contributed by atoms with E-state index in [1.807, 2.05) is 6.07 Å². The van der Waals surface area contributed by atoms with Crippen LogP contribution in [-0.4, -0.2) is 5.17 Å². The molecule has 1 atom stereocenters. The van der Waals surface area contributed by atoms with Crippen LogP contribution in [0.2, 0.25) is 5.02 Å². The van der Waals surface area contributed by atoms with Crippen LogP contribution >= 0.6 is 24.2 Å². The minimum Gasteiger partial charge on any atom is -0.334 e. The molecule has 0 saturated carbocycles. The van der Waals surface area contributed by atoms with E-state index in [0.717, 1.165) is 23.6 Å². The molecular formula is C11H11ClN2S. The highest BCUT2D eigenvalue weighted by atomic mass is 35.5. The minimum atomic E-state index is 0.260. The summed E-state index contributed by atoms with van der Waals surface area (Å²) >= 11 is 10.5. The van der Waals surface area contributed by atoms with Gasteiger partial charge in [0.05, 0.1) is 16.8 Å². The van der Waals surface area contributed by atoms with Crippen molar-refractivity contribution < 1.29 is 0 Å². The Labute approximate surface area is 99.1 Å². The highest BCUT2D eigenvalue weighted by Gasteiger charge is 2.27. The molecule has 1 unspecified atom stereocenters. The average Bonchev–Trinajstić information content (AvgIpc) is 2.23. The van der Waals surface area contributed by atoms with Crippen molar-refractivity contribution in [1.29, 1.82) is 0 Å². The first-order chi connectivity index (χ1) is 7.25. The van der Waals surface area contributed by atoms with Gasteiger partial charge < -0.3 is 5.32 Å². The number of thiol groups is 1. The molecule has 0 aromatic heterocycles. The van der Waals surface area contributed by atoms with E-state index >= 15 is 0 Å². The van der Waals surface area contributed by atoms with Crippen molar-refractivity contribution >= 4 is 35.1 Å². The van der Waals surface area contributed by atoms with Crippen molar-refractivity contribution in [1.82, 2.24) is 0 Å². The Balaban J connectivity index is 2.24. The molecule has 2 aliphatic rings. The van der Waals surface area contributed by atoms with Crippen LogP contribution in [0.25, 0.3) is 0 Å². The third kappa shape index (κ3) is 1.45. The van der Waals surface area contributed by atoms with Crippen LogP contribution in [-0.2, 0) is 6.42 Å². The molecular weight excluding hydrogens is 228 g/mol. The largest absolute Gasteiger partial charge is 0.334 e. The van der Waals surface area contributed by atoms with Crippen molar-refractivity contribution in [3.8, 4) is 0 Å². The lowest BCUT2D eigenvalue weighted by Crippen LogP contribution is -2.20.